The molecule has 2 atom stereocenters. The summed E-state index contributed by atoms with van der Waals surface area (Å²) in [5, 5.41) is 0. The van der Waals surface area contributed by atoms with Crippen LogP contribution in [-0.2, 0) is 0 Å². The van der Waals surface area contributed by atoms with Crippen LogP contribution >= 0.6 is 15.9 Å². The lowest BCUT2D eigenvalue weighted by Gasteiger charge is -1.98. The first-order valence-electron chi connectivity index (χ1n) is 3.11. The molecule has 0 nitrogen and oxygen atoms in total. The monoisotopic (exact) mass is 178 g/mol. The molecule has 2 aliphatic carbocycles. The number of rotatable bonds is 0. The van der Waals surface area contributed by atoms with Crippen LogP contribution < -0.4 is 0 Å². The Bertz CT molecular complexity index is 110. The van der Waals surface area contributed by atoms with E-state index >= 15 is 0 Å². The summed E-state index contributed by atoms with van der Waals surface area (Å²) in [4.78, 5) is 0. The van der Waals surface area contributed by atoms with E-state index in [4.69, 9.17) is 0 Å². The topological polar surface area (TPSA) is 0 Å². The second kappa shape index (κ2) is 1.28. The molecule has 0 aliphatic heterocycles. The molecule has 2 fully saturated rings. The van der Waals surface area contributed by atoms with Crippen LogP contribution in [0.1, 0.15) is 19.3 Å². The Hall–Kier alpha value is 0.410. The summed E-state index contributed by atoms with van der Waals surface area (Å²) in [6.07, 6.45) is 3.45. The van der Waals surface area contributed by atoms with E-state index < -0.39 is 4.58 Å². The summed E-state index contributed by atoms with van der Waals surface area (Å²) in [7, 11) is 0. The molecule has 0 aromatic heterocycles. The molecule has 46 valence electrons. The molecule has 0 heterocycles. The van der Waals surface area contributed by atoms with Gasteiger partial charge in [0.25, 0.3) is 0 Å². The first-order valence-corrected chi connectivity index (χ1v) is 3.90. The van der Waals surface area contributed by atoms with Crippen LogP contribution in [0, 0.1) is 11.8 Å². The highest BCUT2D eigenvalue weighted by Gasteiger charge is 2.66. The normalized spacial score (nSPS) is 60.8. The molecule has 0 radical (unpaired) electrons. The third-order valence-electron chi connectivity index (χ3n) is 2.40. The van der Waals surface area contributed by atoms with Crippen LogP contribution in [0.3, 0.4) is 0 Å². The van der Waals surface area contributed by atoms with Crippen molar-refractivity contribution in [3.05, 3.63) is 0 Å². The summed E-state index contributed by atoms with van der Waals surface area (Å²) >= 11 is 3.06. The van der Waals surface area contributed by atoms with Crippen molar-refractivity contribution in [1.29, 1.82) is 0 Å². The zero-order valence-electron chi connectivity index (χ0n) is 4.53. The number of hydrogen-bond acceptors (Lipinski definition) is 0. The van der Waals surface area contributed by atoms with Crippen LogP contribution in [0.15, 0.2) is 0 Å². The molecule has 0 spiro atoms. The standard InChI is InChI=1S/C6H8BrF/c7-6(8)4-2-1-3-5(4)6/h4-5H,1-3H2. The van der Waals surface area contributed by atoms with Gasteiger partial charge in [0.05, 0.1) is 0 Å². The maximum absolute atomic E-state index is 12.8. The third kappa shape index (κ3) is 0.450. The molecule has 2 rings (SSSR count). The van der Waals surface area contributed by atoms with Gasteiger partial charge in [-0.2, -0.15) is 0 Å². The van der Waals surface area contributed by atoms with Gasteiger partial charge in [0.2, 0.25) is 0 Å². The summed E-state index contributed by atoms with van der Waals surface area (Å²) in [6, 6.07) is 0. The summed E-state index contributed by atoms with van der Waals surface area (Å²) in [6.45, 7) is 0. The van der Waals surface area contributed by atoms with Gasteiger partial charge in [-0.05, 0) is 28.8 Å². The Morgan fingerprint density at radius 3 is 2.12 bits per heavy atom. The van der Waals surface area contributed by atoms with E-state index in [-0.39, 0.29) is 0 Å². The Kier molecular flexibility index (Phi) is 0.836. The second-order valence-electron chi connectivity index (χ2n) is 2.82. The molecular weight excluding hydrogens is 171 g/mol. The zero-order valence-corrected chi connectivity index (χ0v) is 6.12. The average Bonchev–Trinajstić information content (AvgIpc) is 2.22. The van der Waals surface area contributed by atoms with E-state index in [1.165, 1.54) is 6.42 Å². The lowest BCUT2D eigenvalue weighted by molar-refractivity contribution is 0.368. The van der Waals surface area contributed by atoms with Crippen molar-refractivity contribution in [3.63, 3.8) is 0 Å². The first kappa shape index (κ1) is 5.21. The summed E-state index contributed by atoms with van der Waals surface area (Å²) in [5.74, 6) is 0.755. The summed E-state index contributed by atoms with van der Waals surface area (Å²) in [5.41, 5.74) is 0. The average molecular weight is 179 g/mol. The Morgan fingerprint density at radius 2 is 1.88 bits per heavy atom. The van der Waals surface area contributed by atoms with Gasteiger partial charge < -0.3 is 0 Å². The molecule has 0 aromatic rings. The molecule has 0 N–H and O–H groups in total. The van der Waals surface area contributed by atoms with E-state index in [1.807, 2.05) is 0 Å². The van der Waals surface area contributed by atoms with E-state index in [0.717, 1.165) is 12.8 Å². The fraction of sp³-hybridized carbons (Fsp3) is 1.00. The highest BCUT2D eigenvalue weighted by atomic mass is 79.9. The third-order valence-corrected chi connectivity index (χ3v) is 3.57. The number of fused-ring (bicyclic) bond motifs is 1. The van der Waals surface area contributed by atoms with E-state index in [1.54, 1.807) is 0 Å². The SMILES string of the molecule is FC1(Br)C2CCCC21. The van der Waals surface area contributed by atoms with E-state index in [0.29, 0.717) is 11.8 Å². The molecule has 8 heavy (non-hydrogen) atoms. The minimum Gasteiger partial charge on any atom is -0.231 e. The van der Waals surface area contributed by atoms with Gasteiger partial charge in [0.1, 0.15) is 0 Å². The maximum Gasteiger partial charge on any atom is 0.171 e. The maximum atomic E-state index is 12.8. The van der Waals surface area contributed by atoms with Crippen LogP contribution in [0.4, 0.5) is 4.39 Å². The van der Waals surface area contributed by atoms with Gasteiger partial charge in [-0.1, -0.05) is 6.42 Å². The Labute approximate surface area is 56.6 Å². The lowest BCUT2D eigenvalue weighted by Crippen LogP contribution is -1.95. The van der Waals surface area contributed by atoms with Crippen molar-refractivity contribution in [1.82, 2.24) is 0 Å². The molecule has 2 saturated carbocycles. The highest BCUT2D eigenvalue weighted by molar-refractivity contribution is 9.10. The molecule has 0 amide bonds. The molecule has 2 heteroatoms. The Morgan fingerprint density at radius 1 is 1.38 bits per heavy atom. The van der Waals surface area contributed by atoms with Crippen molar-refractivity contribution in [2.75, 3.05) is 0 Å². The quantitative estimate of drug-likeness (QED) is 0.501. The van der Waals surface area contributed by atoms with Gasteiger partial charge in [-0.15, -0.1) is 0 Å². The van der Waals surface area contributed by atoms with E-state index in [2.05, 4.69) is 15.9 Å². The predicted octanol–water partition coefficient (Wildman–Crippen LogP) is 2.48. The van der Waals surface area contributed by atoms with Gasteiger partial charge in [0.15, 0.2) is 4.58 Å². The molecule has 2 unspecified atom stereocenters. The van der Waals surface area contributed by atoms with Crippen LogP contribution in [0.5, 0.6) is 0 Å². The van der Waals surface area contributed by atoms with Crippen molar-refractivity contribution < 1.29 is 4.39 Å². The van der Waals surface area contributed by atoms with Gasteiger partial charge in [-0.3, -0.25) is 0 Å². The predicted molar refractivity (Wildman–Crippen MR) is 33.6 cm³/mol. The molecule has 0 saturated heterocycles. The molecular formula is C6H8BrF. The highest BCUT2D eigenvalue weighted by Crippen LogP contribution is 2.66. The molecule has 0 aromatic carbocycles. The van der Waals surface area contributed by atoms with Crippen molar-refractivity contribution in [3.8, 4) is 0 Å². The van der Waals surface area contributed by atoms with Crippen LogP contribution in [0.2, 0.25) is 0 Å². The number of alkyl halides is 2. The number of hydrogen-bond donors (Lipinski definition) is 0. The summed E-state index contributed by atoms with van der Waals surface area (Å²) < 4.78 is 11.9. The largest absolute Gasteiger partial charge is 0.231 e. The van der Waals surface area contributed by atoms with Gasteiger partial charge in [-0.25, -0.2) is 4.39 Å². The van der Waals surface area contributed by atoms with Crippen LogP contribution in [0.25, 0.3) is 0 Å². The minimum atomic E-state index is -0.925. The van der Waals surface area contributed by atoms with Gasteiger partial charge >= 0.3 is 0 Å². The van der Waals surface area contributed by atoms with Crippen molar-refractivity contribution in [2.45, 2.75) is 23.8 Å². The Balaban J connectivity index is 2.13. The van der Waals surface area contributed by atoms with E-state index in [9.17, 15) is 4.39 Å². The smallest absolute Gasteiger partial charge is 0.171 e. The van der Waals surface area contributed by atoms with Crippen molar-refractivity contribution in [2.24, 2.45) is 11.8 Å². The van der Waals surface area contributed by atoms with Gasteiger partial charge in [0, 0.05) is 11.8 Å². The first-order chi connectivity index (χ1) is 3.73. The fourth-order valence-corrected chi connectivity index (χ4v) is 2.77. The fourth-order valence-electron chi connectivity index (χ4n) is 1.81. The zero-order chi connectivity index (χ0) is 5.78. The van der Waals surface area contributed by atoms with Crippen LogP contribution in [-0.4, -0.2) is 4.58 Å². The number of halogens is 2. The second-order valence-corrected chi connectivity index (χ2v) is 4.03. The molecule has 0 bridgehead atoms. The molecule has 2 aliphatic rings. The minimum absolute atomic E-state index is 0.377. The van der Waals surface area contributed by atoms with Crippen molar-refractivity contribution >= 4 is 15.9 Å². The lowest BCUT2D eigenvalue weighted by atomic mass is 10.2.